The van der Waals surface area contributed by atoms with Crippen molar-refractivity contribution in [3.05, 3.63) is 40.2 Å². The van der Waals surface area contributed by atoms with E-state index in [1.54, 1.807) is 0 Å². The summed E-state index contributed by atoms with van der Waals surface area (Å²) >= 11 is 43.4. The van der Waals surface area contributed by atoms with E-state index in [1.165, 1.54) is 22.7 Å². The number of aryl methyl sites for hydroxylation is 2. The summed E-state index contributed by atoms with van der Waals surface area (Å²) in [5, 5.41) is 22.3. The monoisotopic (exact) mass is 612 g/mol. The second kappa shape index (κ2) is 11.3. The van der Waals surface area contributed by atoms with Gasteiger partial charge in [-0.2, -0.15) is 0 Å². The molecule has 2 aromatic heterocycles. The van der Waals surface area contributed by atoms with Crippen molar-refractivity contribution in [1.82, 2.24) is 20.4 Å². The molecule has 0 spiro atoms. The highest BCUT2D eigenvalue weighted by molar-refractivity contribution is 7.15. The number of rotatable bonds is 8. The lowest BCUT2D eigenvalue weighted by Crippen LogP contribution is -1.92. The lowest BCUT2D eigenvalue weighted by Gasteiger charge is -2.17. The van der Waals surface area contributed by atoms with Crippen molar-refractivity contribution in [2.24, 2.45) is 0 Å². The third kappa shape index (κ3) is 4.90. The summed E-state index contributed by atoms with van der Waals surface area (Å²) < 4.78 is 0. The van der Waals surface area contributed by atoms with E-state index in [1.807, 2.05) is 0 Å². The average Bonchev–Trinajstić information content (AvgIpc) is 3.47. The highest BCUT2D eigenvalue weighted by Crippen LogP contribution is 2.54. The first-order chi connectivity index (χ1) is 16.3. The van der Waals surface area contributed by atoms with Crippen LogP contribution in [0.25, 0.3) is 31.9 Å². The lowest BCUT2D eigenvalue weighted by molar-refractivity contribution is 0.780. The van der Waals surface area contributed by atoms with Gasteiger partial charge in [0.1, 0.15) is 10.0 Å². The van der Waals surface area contributed by atoms with Gasteiger partial charge >= 0.3 is 0 Å². The molecule has 2 aromatic carbocycles. The van der Waals surface area contributed by atoms with Crippen molar-refractivity contribution in [2.45, 2.75) is 52.4 Å². The molecule has 0 unspecified atom stereocenters. The summed E-state index contributed by atoms with van der Waals surface area (Å²) in [5.41, 5.74) is 0.932. The molecular weight excluding hydrogens is 597 g/mol. The Balaban J connectivity index is 1.95. The van der Waals surface area contributed by atoms with Crippen molar-refractivity contribution in [1.29, 1.82) is 0 Å². The molecule has 4 nitrogen and oxygen atoms in total. The number of unbranched alkanes of at least 4 members (excludes halogenated alkanes) is 2. The summed E-state index contributed by atoms with van der Waals surface area (Å²) in [5.74, 6) is 0. The Morgan fingerprint density at radius 2 is 0.912 bits per heavy atom. The predicted octanol–water partition coefficient (Wildman–Crippen LogP) is 10.5. The van der Waals surface area contributed by atoms with Gasteiger partial charge in [-0.1, -0.05) is 119 Å². The number of aromatic nitrogens is 4. The Kier molecular flexibility index (Phi) is 8.85. The highest BCUT2D eigenvalue weighted by Gasteiger charge is 2.28. The molecule has 0 saturated carbocycles. The molecular formula is C22H18Cl6N4S2. The van der Waals surface area contributed by atoms with Crippen LogP contribution in [-0.4, -0.2) is 20.4 Å². The number of benzene rings is 2. The Morgan fingerprint density at radius 3 is 1.29 bits per heavy atom. The van der Waals surface area contributed by atoms with Gasteiger partial charge in [0, 0.05) is 23.6 Å². The largest absolute Gasteiger partial charge is 0.150 e. The van der Waals surface area contributed by atoms with E-state index in [2.05, 4.69) is 34.2 Å². The van der Waals surface area contributed by atoms with Gasteiger partial charge < -0.3 is 0 Å². The second-order valence-electron chi connectivity index (χ2n) is 7.59. The molecule has 0 radical (unpaired) electrons. The van der Waals surface area contributed by atoms with E-state index in [-0.39, 0.29) is 30.1 Å². The maximum absolute atomic E-state index is 6.91. The minimum atomic E-state index is 0.197. The van der Waals surface area contributed by atoms with E-state index in [4.69, 9.17) is 69.6 Å². The fourth-order valence-electron chi connectivity index (χ4n) is 3.46. The molecule has 0 N–H and O–H groups in total. The van der Waals surface area contributed by atoms with Crippen molar-refractivity contribution in [2.75, 3.05) is 0 Å². The molecule has 2 heterocycles. The molecule has 0 aliphatic heterocycles. The van der Waals surface area contributed by atoms with Crippen molar-refractivity contribution in [3.63, 3.8) is 0 Å². The quantitative estimate of drug-likeness (QED) is 0.185. The Labute approximate surface area is 235 Å². The standard InChI is InChI=1S/C22H18Cl6N4S2/c1-3-5-7-9-29-31-21(33-9)13-15(23)11-12(17(25)19(13)27)18(26)20(28)14(16(11)24)22-32-30-10(34-22)8-6-4-2/h3-8H2,1-2H3. The van der Waals surface area contributed by atoms with Crippen LogP contribution in [0.5, 0.6) is 0 Å². The van der Waals surface area contributed by atoms with Gasteiger partial charge in [-0.15, -0.1) is 20.4 Å². The second-order valence-corrected chi connectivity index (χ2v) is 12.0. The summed E-state index contributed by atoms with van der Waals surface area (Å²) in [6.07, 6.45) is 5.80. The van der Waals surface area contributed by atoms with Crippen LogP contribution in [0.1, 0.15) is 49.5 Å². The molecule has 4 rings (SSSR count). The van der Waals surface area contributed by atoms with Crippen LogP contribution in [0.15, 0.2) is 0 Å². The maximum Gasteiger partial charge on any atom is 0.150 e. The normalized spacial score (nSPS) is 11.6. The van der Waals surface area contributed by atoms with Gasteiger partial charge in [0.2, 0.25) is 0 Å². The van der Waals surface area contributed by atoms with Crippen LogP contribution in [-0.2, 0) is 12.8 Å². The summed E-state index contributed by atoms with van der Waals surface area (Å²) in [6.45, 7) is 4.25. The van der Waals surface area contributed by atoms with Crippen molar-refractivity contribution >= 4 is 103 Å². The molecule has 34 heavy (non-hydrogen) atoms. The maximum atomic E-state index is 6.91. The molecule has 0 aliphatic carbocycles. The average molecular weight is 615 g/mol. The Hall–Kier alpha value is -0.440. The molecule has 12 heteroatoms. The predicted molar refractivity (Wildman–Crippen MR) is 149 cm³/mol. The molecule has 0 amide bonds. The minimum absolute atomic E-state index is 0.197. The van der Waals surface area contributed by atoms with Gasteiger partial charge in [0.15, 0.2) is 10.0 Å². The zero-order valence-corrected chi connectivity index (χ0v) is 24.3. The lowest BCUT2D eigenvalue weighted by atomic mass is 10.0. The zero-order chi connectivity index (χ0) is 24.6. The van der Waals surface area contributed by atoms with E-state index in [0.29, 0.717) is 31.9 Å². The van der Waals surface area contributed by atoms with E-state index >= 15 is 0 Å². The molecule has 0 bridgehead atoms. The summed E-state index contributed by atoms with van der Waals surface area (Å²) in [6, 6.07) is 0. The van der Waals surface area contributed by atoms with Gasteiger partial charge in [-0.05, 0) is 12.8 Å². The first-order valence-electron chi connectivity index (χ1n) is 10.6. The Bertz CT molecular complexity index is 1270. The van der Waals surface area contributed by atoms with Crippen LogP contribution >= 0.6 is 92.3 Å². The smallest absolute Gasteiger partial charge is 0.143 e. The van der Waals surface area contributed by atoms with Crippen LogP contribution in [0, 0.1) is 0 Å². The Morgan fingerprint density at radius 1 is 0.529 bits per heavy atom. The van der Waals surface area contributed by atoms with E-state index in [9.17, 15) is 0 Å². The van der Waals surface area contributed by atoms with Crippen LogP contribution < -0.4 is 0 Å². The number of hydrogen-bond acceptors (Lipinski definition) is 6. The zero-order valence-electron chi connectivity index (χ0n) is 18.1. The molecule has 4 aromatic rings. The first kappa shape index (κ1) is 26.6. The first-order valence-corrected chi connectivity index (χ1v) is 14.5. The molecule has 0 atom stereocenters. The van der Waals surface area contributed by atoms with E-state index in [0.717, 1.165) is 48.5 Å². The van der Waals surface area contributed by atoms with E-state index < -0.39 is 0 Å². The van der Waals surface area contributed by atoms with Gasteiger partial charge in [-0.3, -0.25) is 0 Å². The third-order valence-corrected chi connectivity index (χ3v) is 9.70. The highest BCUT2D eigenvalue weighted by atomic mass is 35.5. The number of nitrogens with zero attached hydrogens (tertiary/aromatic N) is 4. The fraction of sp³-hybridized carbons (Fsp3) is 0.364. The van der Waals surface area contributed by atoms with Crippen LogP contribution in [0.2, 0.25) is 30.1 Å². The van der Waals surface area contributed by atoms with Gasteiger partial charge in [0.05, 0.1) is 41.3 Å². The molecule has 180 valence electrons. The van der Waals surface area contributed by atoms with Gasteiger partial charge in [0.25, 0.3) is 0 Å². The topological polar surface area (TPSA) is 51.6 Å². The summed E-state index contributed by atoms with van der Waals surface area (Å²) in [4.78, 5) is 0. The SMILES string of the molecule is CCCCc1nnc(-c2c(Cl)c(Cl)c3c(Cl)c(Cl)c(-c4nnc(CCCC)s4)c(Cl)c3c2Cl)s1. The van der Waals surface area contributed by atoms with Crippen LogP contribution in [0.4, 0.5) is 0 Å². The fourth-order valence-corrected chi connectivity index (χ4v) is 7.62. The molecule has 0 fully saturated rings. The number of hydrogen-bond donors (Lipinski definition) is 0. The molecule has 0 saturated heterocycles. The van der Waals surface area contributed by atoms with Crippen LogP contribution in [0.3, 0.4) is 0 Å². The number of halogens is 6. The third-order valence-electron chi connectivity index (χ3n) is 5.24. The number of fused-ring (bicyclic) bond motifs is 1. The summed E-state index contributed by atoms with van der Waals surface area (Å²) in [7, 11) is 0. The minimum Gasteiger partial charge on any atom is -0.143 e. The molecule has 0 aliphatic rings. The van der Waals surface area contributed by atoms with Crippen molar-refractivity contribution < 1.29 is 0 Å². The van der Waals surface area contributed by atoms with Crippen molar-refractivity contribution in [3.8, 4) is 21.1 Å². The van der Waals surface area contributed by atoms with Gasteiger partial charge in [-0.25, -0.2) is 0 Å².